The minimum Gasteiger partial charge on any atom is -0.504 e. The number of nitrogens with one attached hydrogen (secondary N) is 2. The van der Waals surface area contributed by atoms with E-state index in [-0.39, 0.29) is 22.1 Å². The first kappa shape index (κ1) is 22.8. The first-order chi connectivity index (χ1) is 16.2. The molecular formula is C25H19FN2O5S. The van der Waals surface area contributed by atoms with Crippen LogP contribution in [0.4, 0.5) is 15.8 Å². The van der Waals surface area contributed by atoms with Crippen molar-refractivity contribution >= 4 is 44.2 Å². The minimum absolute atomic E-state index is 0.000495. The summed E-state index contributed by atoms with van der Waals surface area (Å²) in [5, 5.41) is 22.6. The first-order valence-corrected chi connectivity index (χ1v) is 11.5. The Kier molecular flexibility index (Phi) is 6.20. The van der Waals surface area contributed by atoms with E-state index in [4.69, 9.17) is 0 Å². The summed E-state index contributed by atoms with van der Waals surface area (Å²) in [4.78, 5) is 12.5. The summed E-state index contributed by atoms with van der Waals surface area (Å²) in [7, 11) is -4.00. The third-order valence-electron chi connectivity index (χ3n) is 4.95. The first-order valence-electron chi connectivity index (χ1n) is 10.0. The van der Waals surface area contributed by atoms with Crippen molar-refractivity contribution in [3.63, 3.8) is 0 Å². The van der Waals surface area contributed by atoms with E-state index in [2.05, 4.69) is 10.0 Å². The number of phenols is 2. The maximum absolute atomic E-state index is 13.1. The van der Waals surface area contributed by atoms with Gasteiger partial charge >= 0.3 is 0 Å². The molecule has 0 unspecified atom stereocenters. The molecule has 0 fully saturated rings. The van der Waals surface area contributed by atoms with Crippen LogP contribution in [-0.4, -0.2) is 24.5 Å². The van der Waals surface area contributed by atoms with Gasteiger partial charge in [-0.15, -0.1) is 0 Å². The molecule has 0 aliphatic carbocycles. The minimum atomic E-state index is -4.00. The molecule has 0 radical (unpaired) electrons. The summed E-state index contributed by atoms with van der Waals surface area (Å²) >= 11 is 0. The fraction of sp³-hybridized carbons (Fsp3) is 0. The van der Waals surface area contributed by atoms with Crippen molar-refractivity contribution in [2.45, 2.75) is 4.90 Å². The van der Waals surface area contributed by atoms with Crippen LogP contribution in [0.25, 0.3) is 16.8 Å². The van der Waals surface area contributed by atoms with E-state index in [0.717, 1.165) is 12.1 Å². The van der Waals surface area contributed by atoms with E-state index in [1.807, 2.05) is 0 Å². The van der Waals surface area contributed by atoms with Gasteiger partial charge in [0.15, 0.2) is 11.5 Å². The summed E-state index contributed by atoms with van der Waals surface area (Å²) in [5.74, 6) is -1.53. The van der Waals surface area contributed by atoms with E-state index >= 15 is 0 Å². The number of phenolic OH excluding ortho intramolecular Hbond substituents is 2. The van der Waals surface area contributed by atoms with Crippen molar-refractivity contribution in [2.75, 3.05) is 10.0 Å². The number of hydrogen-bond donors (Lipinski definition) is 4. The van der Waals surface area contributed by atoms with Gasteiger partial charge < -0.3 is 15.5 Å². The van der Waals surface area contributed by atoms with Crippen LogP contribution in [0.1, 0.15) is 5.56 Å². The van der Waals surface area contributed by atoms with Gasteiger partial charge in [0.1, 0.15) is 5.82 Å². The molecule has 0 aliphatic heterocycles. The lowest BCUT2D eigenvalue weighted by Gasteiger charge is -2.13. The van der Waals surface area contributed by atoms with Crippen LogP contribution in [0.15, 0.2) is 89.8 Å². The van der Waals surface area contributed by atoms with Crippen LogP contribution in [0, 0.1) is 5.82 Å². The van der Waals surface area contributed by atoms with Gasteiger partial charge in [-0.2, -0.15) is 0 Å². The van der Waals surface area contributed by atoms with Gasteiger partial charge in [-0.1, -0.05) is 30.3 Å². The maximum atomic E-state index is 13.1. The van der Waals surface area contributed by atoms with Gasteiger partial charge in [-0.05, 0) is 60.2 Å². The predicted octanol–water partition coefficient (Wildman–Crippen LogP) is 4.84. The highest BCUT2D eigenvalue weighted by Crippen LogP contribution is 2.30. The normalized spacial score (nSPS) is 11.6. The number of fused-ring (bicyclic) bond motifs is 1. The Labute approximate surface area is 194 Å². The largest absolute Gasteiger partial charge is 0.504 e. The fourth-order valence-corrected chi connectivity index (χ4v) is 4.62. The quantitative estimate of drug-likeness (QED) is 0.234. The predicted molar refractivity (Wildman–Crippen MR) is 129 cm³/mol. The molecule has 9 heteroatoms. The van der Waals surface area contributed by atoms with Crippen molar-refractivity contribution in [2.24, 2.45) is 0 Å². The average Bonchev–Trinajstić information content (AvgIpc) is 2.81. The van der Waals surface area contributed by atoms with Crippen LogP contribution in [-0.2, 0) is 14.8 Å². The molecule has 172 valence electrons. The van der Waals surface area contributed by atoms with Crippen LogP contribution in [0.3, 0.4) is 0 Å². The van der Waals surface area contributed by atoms with Gasteiger partial charge in [0.2, 0.25) is 5.91 Å². The number of carbonyl (C=O) groups is 1. The Morgan fingerprint density at radius 2 is 1.56 bits per heavy atom. The van der Waals surface area contributed by atoms with E-state index in [9.17, 15) is 27.8 Å². The lowest BCUT2D eigenvalue weighted by atomic mass is 10.1. The SMILES string of the molecule is O=C(/C=C/c1ccc(O)c(O)c1)Nc1cccc2c(S(=O)(=O)Nc3ccc(F)cc3)cccc12. The molecule has 0 spiro atoms. The third kappa shape index (κ3) is 5.00. The van der Waals surface area contributed by atoms with Crippen LogP contribution >= 0.6 is 0 Å². The second-order valence-electron chi connectivity index (χ2n) is 7.34. The number of amides is 1. The Morgan fingerprint density at radius 1 is 0.853 bits per heavy atom. The number of hydrogen-bond acceptors (Lipinski definition) is 5. The molecule has 4 N–H and O–H groups in total. The monoisotopic (exact) mass is 478 g/mol. The van der Waals surface area contributed by atoms with Crippen molar-refractivity contribution in [1.82, 2.24) is 0 Å². The molecule has 4 aromatic carbocycles. The number of halogens is 1. The molecule has 0 bridgehead atoms. The number of carbonyl (C=O) groups excluding carboxylic acids is 1. The molecule has 34 heavy (non-hydrogen) atoms. The average molecular weight is 479 g/mol. The molecule has 0 atom stereocenters. The fourth-order valence-electron chi connectivity index (χ4n) is 3.34. The molecule has 1 amide bonds. The standard InChI is InChI=1S/C25H19FN2O5S/c26-17-9-11-18(12-10-17)28-34(32,33)24-6-2-3-19-20(24)4-1-5-21(19)27-25(31)14-8-16-7-13-22(29)23(30)15-16/h1-15,28-30H,(H,27,31)/b14-8+. The molecule has 0 aliphatic rings. The van der Waals surface area contributed by atoms with Crippen LogP contribution < -0.4 is 10.0 Å². The highest BCUT2D eigenvalue weighted by Gasteiger charge is 2.18. The lowest BCUT2D eigenvalue weighted by molar-refractivity contribution is -0.111. The Bertz CT molecular complexity index is 1520. The number of anilines is 2. The van der Waals surface area contributed by atoms with E-state index < -0.39 is 21.7 Å². The van der Waals surface area contributed by atoms with Gasteiger partial charge in [-0.25, -0.2) is 12.8 Å². The number of aromatic hydroxyl groups is 2. The zero-order valence-corrected chi connectivity index (χ0v) is 18.4. The Hall–Kier alpha value is -4.37. The topological polar surface area (TPSA) is 116 Å². The second kappa shape index (κ2) is 9.24. The van der Waals surface area contributed by atoms with Crippen molar-refractivity contribution in [3.8, 4) is 11.5 Å². The second-order valence-corrected chi connectivity index (χ2v) is 8.99. The van der Waals surface area contributed by atoms with Crippen molar-refractivity contribution < 1.29 is 27.8 Å². The molecule has 0 aromatic heterocycles. The number of sulfonamides is 1. The smallest absolute Gasteiger partial charge is 0.262 e. The van der Waals surface area contributed by atoms with Gasteiger partial charge in [0, 0.05) is 28.2 Å². The molecule has 7 nitrogen and oxygen atoms in total. The van der Waals surface area contributed by atoms with Gasteiger partial charge in [0.25, 0.3) is 10.0 Å². The summed E-state index contributed by atoms with van der Waals surface area (Å²) in [6.07, 6.45) is 2.71. The summed E-state index contributed by atoms with van der Waals surface area (Å²) < 4.78 is 41.6. The van der Waals surface area contributed by atoms with Crippen LogP contribution in [0.2, 0.25) is 0 Å². The third-order valence-corrected chi connectivity index (χ3v) is 6.39. The van der Waals surface area contributed by atoms with Crippen molar-refractivity contribution in [1.29, 1.82) is 0 Å². The van der Waals surface area contributed by atoms with E-state index in [0.29, 0.717) is 22.0 Å². The number of benzene rings is 4. The molecule has 4 rings (SSSR count). The summed E-state index contributed by atoms with van der Waals surface area (Å²) in [6, 6.07) is 18.7. The van der Waals surface area contributed by atoms with Crippen molar-refractivity contribution in [3.05, 3.63) is 96.3 Å². The summed E-state index contributed by atoms with van der Waals surface area (Å²) in [5.41, 5.74) is 1.12. The van der Waals surface area contributed by atoms with E-state index in [1.165, 1.54) is 48.6 Å². The summed E-state index contributed by atoms with van der Waals surface area (Å²) in [6.45, 7) is 0. The zero-order chi connectivity index (χ0) is 24.3. The highest BCUT2D eigenvalue weighted by atomic mass is 32.2. The molecule has 0 saturated heterocycles. The zero-order valence-electron chi connectivity index (χ0n) is 17.6. The molecular weight excluding hydrogens is 459 g/mol. The van der Waals surface area contributed by atoms with Gasteiger partial charge in [-0.3, -0.25) is 9.52 Å². The van der Waals surface area contributed by atoms with E-state index in [1.54, 1.807) is 30.3 Å². The maximum Gasteiger partial charge on any atom is 0.262 e. The van der Waals surface area contributed by atoms with Gasteiger partial charge in [0.05, 0.1) is 4.90 Å². The Morgan fingerprint density at radius 3 is 2.29 bits per heavy atom. The number of rotatable bonds is 6. The molecule has 0 saturated carbocycles. The Balaban J connectivity index is 1.61. The van der Waals surface area contributed by atoms with Crippen LogP contribution in [0.5, 0.6) is 11.5 Å². The molecule has 4 aromatic rings. The highest BCUT2D eigenvalue weighted by molar-refractivity contribution is 7.93. The molecule has 0 heterocycles. The lowest BCUT2D eigenvalue weighted by Crippen LogP contribution is -2.14.